The highest BCUT2D eigenvalue weighted by atomic mass is 19.1. The predicted molar refractivity (Wildman–Crippen MR) is 140 cm³/mol. The maximum atomic E-state index is 15.5. The Morgan fingerprint density at radius 2 is 1.86 bits per heavy atom. The number of allylic oxidation sites excluding steroid dienone is 3. The summed E-state index contributed by atoms with van der Waals surface area (Å²) in [5, 5.41) is 6.03. The number of nitrogens with two attached hydrogens (primary N) is 1. The number of aryl methyl sites for hydroxylation is 1. The van der Waals surface area contributed by atoms with Crippen molar-refractivity contribution in [2.75, 3.05) is 6.61 Å². The van der Waals surface area contributed by atoms with Gasteiger partial charge in [-0.1, -0.05) is 51.6 Å². The lowest BCUT2D eigenvalue weighted by molar-refractivity contribution is 0.286. The van der Waals surface area contributed by atoms with E-state index in [1.165, 1.54) is 12.1 Å². The van der Waals surface area contributed by atoms with Crippen molar-refractivity contribution < 1.29 is 13.5 Å². The molecule has 3 rings (SSSR count). The third-order valence-electron chi connectivity index (χ3n) is 6.42. The number of hydrazone groups is 1. The summed E-state index contributed by atoms with van der Waals surface area (Å²) in [5.41, 5.74) is 9.62. The second-order valence-corrected chi connectivity index (χ2v) is 9.10. The second-order valence-electron chi connectivity index (χ2n) is 9.10. The van der Waals surface area contributed by atoms with Crippen molar-refractivity contribution in [1.82, 2.24) is 5.01 Å². The average molecular weight is 480 g/mol. The van der Waals surface area contributed by atoms with E-state index in [0.717, 1.165) is 30.4 Å². The minimum Gasteiger partial charge on any atom is -0.490 e. The standard InChI is InChI=1S/C29H35F2N3O/c1-6-19(2)29(32)33-34-16-15-24(18-22(34)5)26-14-9-21(4)28(27(26)31)35-17-7-8-20(3)23-10-12-25(30)13-11-23/h9-16,18-20H,5-8,17H2,1-4H3,(H2,32,33). The van der Waals surface area contributed by atoms with Crippen LogP contribution in [0.5, 0.6) is 5.75 Å². The fourth-order valence-electron chi connectivity index (χ4n) is 3.81. The summed E-state index contributed by atoms with van der Waals surface area (Å²) in [5.74, 6) is 0.586. The molecule has 0 amide bonds. The summed E-state index contributed by atoms with van der Waals surface area (Å²) in [6, 6.07) is 10.2. The number of amidine groups is 1. The predicted octanol–water partition coefficient (Wildman–Crippen LogP) is 7.28. The lowest BCUT2D eigenvalue weighted by atomic mass is 9.96. The lowest BCUT2D eigenvalue weighted by Crippen LogP contribution is -2.25. The van der Waals surface area contributed by atoms with Crippen LogP contribution in [-0.4, -0.2) is 17.5 Å². The molecule has 0 saturated carbocycles. The number of halogens is 2. The number of benzene rings is 2. The highest BCUT2D eigenvalue weighted by Gasteiger charge is 2.18. The Morgan fingerprint density at radius 1 is 1.14 bits per heavy atom. The smallest absolute Gasteiger partial charge is 0.173 e. The van der Waals surface area contributed by atoms with Gasteiger partial charge in [0.25, 0.3) is 0 Å². The molecule has 0 spiro atoms. The van der Waals surface area contributed by atoms with Gasteiger partial charge in [-0.2, -0.15) is 5.10 Å². The van der Waals surface area contributed by atoms with Gasteiger partial charge in [-0.15, -0.1) is 0 Å². The monoisotopic (exact) mass is 479 g/mol. The summed E-state index contributed by atoms with van der Waals surface area (Å²) in [4.78, 5) is 0. The normalized spacial score (nSPS) is 15.7. The number of rotatable bonds is 10. The molecule has 0 bridgehead atoms. The van der Waals surface area contributed by atoms with Crippen LogP contribution in [-0.2, 0) is 0 Å². The van der Waals surface area contributed by atoms with Crippen molar-refractivity contribution >= 4 is 11.4 Å². The van der Waals surface area contributed by atoms with E-state index in [4.69, 9.17) is 10.5 Å². The van der Waals surface area contributed by atoms with Crippen molar-refractivity contribution in [2.24, 2.45) is 16.8 Å². The Labute approximate surface area is 207 Å². The van der Waals surface area contributed by atoms with E-state index in [2.05, 4.69) is 25.5 Å². The zero-order valence-corrected chi connectivity index (χ0v) is 21.0. The molecule has 0 aromatic heterocycles. The molecule has 1 aliphatic rings. The minimum atomic E-state index is -0.392. The molecule has 0 saturated heterocycles. The van der Waals surface area contributed by atoms with E-state index in [0.29, 0.717) is 29.3 Å². The molecule has 2 atom stereocenters. The third kappa shape index (κ3) is 6.59. The van der Waals surface area contributed by atoms with Crippen LogP contribution in [0.3, 0.4) is 0 Å². The molecule has 2 N–H and O–H groups in total. The van der Waals surface area contributed by atoms with Gasteiger partial charge >= 0.3 is 0 Å². The van der Waals surface area contributed by atoms with Crippen LogP contribution in [0, 0.1) is 24.5 Å². The van der Waals surface area contributed by atoms with Gasteiger partial charge in [0.1, 0.15) is 11.7 Å². The van der Waals surface area contributed by atoms with Crippen molar-refractivity contribution in [3.8, 4) is 5.75 Å². The summed E-state index contributed by atoms with van der Waals surface area (Å²) >= 11 is 0. The first kappa shape index (κ1) is 26.2. The molecule has 1 heterocycles. The fraction of sp³-hybridized carbons (Fsp3) is 0.345. The van der Waals surface area contributed by atoms with Gasteiger partial charge < -0.3 is 10.5 Å². The van der Waals surface area contributed by atoms with E-state index >= 15 is 4.39 Å². The van der Waals surface area contributed by atoms with Crippen LogP contribution in [0.1, 0.15) is 62.6 Å². The maximum Gasteiger partial charge on any atom is 0.173 e. The van der Waals surface area contributed by atoms with Crippen LogP contribution in [0.15, 0.2) is 72.1 Å². The Bertz CT molecular complexity index is 1140. The first-order valence-electron chi connectivity index (χ1n) is 12.1. The first-order valence-corrected chi connectivity index (χ1v) is 12.1. The highest BCUT2D eigenvalue weighted by Crippen LogP contribution is 2.33. The summed E-state index contributed by atoms with van der Waals surface area (Å²) < 4.78 is 34.5. The molecule has 1 aliphatic heterocycles. The molecule has 2 aromatic rings. The highest BCUT2D eigenvalue weighted by molar-refractivity contribution is 5.83. The van der Waals surface area contributed by atoms with Crippen LogP contribution in [0.4, 0.5) is 8.78 Å². The van der Waals surface area contributed by atoms with E-state index in [1.807, 2.05) is 19.9 Å². The van der Waals surface area contributed by atoms with Gasteiger partial charge in [0.05, 0.1) is 12.3 Å². The van der Waals surface area contributed by atoms with Gasteiger partial charge in [0.2, 0.25) is 0 Å². The van der Waals surface area contributed by atoms with Crippen LogP contribution < -0.4 is 10.5 Å². The molecule has 4 nitrogen and oxygen atoms in total. The van der Waals surface area contributed by atoms with Crippen molar-refractivity contribution in [2.45, 2.75) is 52.9 Å². The van der Waals surface area contributed by atoms with Crippen LogP contribution in [0.2, 0.25) is 0 Å². The molecule has 35 heavy (non-hydrogen) atoms. The largest absolute Gasteiger partial charge is 0.490 e. The Balaban J connectivity index is 1.65. The van der Waals surface area contributed by atoms with Crippen LogP contribution in [0.25, 0.3) is 5.57 Å². The molecule has 0 fully saturated rings. The summed E-state index contributed by atoms with van der Waals surface area (Å²) in [7, 11) is 0. The van der Waals surface area contributed by atoms with Gasteiger partial charge in [-0.25, -0.2) is 13.8 Å². The van der Waals surface area contributed by atoms with Gasteiger partial charge in [0, 0.05) is 17.7 Å². The van der Waals surface area contributed by atoms with Gasteiger partial charge in [-0.3, -0.25) is 0 Å². The van der Waals surface area contributed by atoms with Crippen molar-refractivity contribution in [1.29, 1.82) is 0 Å². The first-order chi connectivity index (χ1) is 16.7. The van der Waals surface area contributed by atoms with E-state index < -0.39 is 5.82 Å². The topological polar surface area (TPSA) is 50.8 Å². The fourth-order valence-corrected chi connectivity index (χ4v) is 3.81. The maximum absolute atomic E-state index is 15.5. The Kier molecular flexibility index (Phi) is 8.85. The number of ether oxygens (including phenoxy) is 1. The quantitative estimate of drug-likeness (QED) is 0.221. The average Bonchev–Trinajstić information content (AvgIpc) is 2.84. The minimum absolute atomic E-state index is 0.162. The molecule has 2 unspecified atom stereocenters. The molecule has 6 heteroatoms. The van der Waals surface area contributed by atoms with E-state index in [-0.39, 0.29) is 23.4 Å². The molecule has 2 aromatic carbocycles. The summed E-state index contributed by atoms with van der Waals surface area (Å²) in [6.45, 7) is 12.4. The van der Waals surface area contributed by atoms with Crippen molar-refractivity contribution in [3.63, 3.8) is 0 Å². The lowest BCUT2D eigenvalue weighted by Gasteiger charge is -2.22. The zero-order chi connectivity index (χ0) is 25.5. The molecular formula is C29H35F2N3O. The molecule has 0 aliphatic carbocycles. The molecular weight excluding hydrogens is 444 g/mol. The zero-order valence-electron chi connectivity index (χ0n) is 21.0. The van der Waals surface area contributed by atoms with Crippen molar-refractivity contribution in [3.05, 3.63) is 95.4 Å². The summed E-state index contributed by atoms with van der Waals surface area (Å²) in [6.07, 6.45) is 7.83. The number of hydrogen-bond acceptors (Lipinski definition) is 3. The molecule has 0 radical (unpaired) electrons. The van der Waals surface area contributed by atoms with E-state index in [9.17, 15) is 4.39 Å². The second kappa shape index (κ2) is 11.8. The number of nitrogens with zero attached hydrogens (tertiary/aromatic N) is 2. The Morgan fingerprint density at radius 3 is 2.51 bits per heavy atom. The Hall–Kier alpha value is -3.41. The SMILES string of the molecule is C=C1C=C(c2ccc(C)c(OCCCC(C)c3ccc(F)cc3)c2F)C=CN1/N=C(/N)C(C)CC. The van der Waals surface area contributed by atoms with Crippen LogP contribution >= 0.6 is 0 Å². The third-order valence-corrected chi connectivity index (χ3v) is 6.42. The van der Waals surface area contributed by atoms with Gasteiger partial charge in [0.15, 0.2) is 11.6 Å². The molecule has 186 valence electrons. The van der Waals surface area contributed by atoms with E-state index in [1.54, 1.807) is 41.6 Å². The number of hydrogen-bond donors (Lipinski definition) is 1. The van der Waals surface area contributed by atoms with Gasteiger partial charge in [-0.05, 0) is 73.1 Å².